The van der Waals surface area contributed by atoms with Gasteiger partial charge in [0.2, 0.25) is 10.0 Å². The molecule has 34 heavy (non-hydrogen) atoms. The molecule has 0 aliphatic heterocycles. The first-order chi connectivity index (χ1) is 16.4. The van der Waals surface area contributed by atoms with Crippen molar-refractivity contribution in [3.05, 3.63) is 95.6 Å². The van der Waals surface area contributed by atoms with Crippen LogP contribution in [0, 0.1) is 11.3 Å². The number of nitrogens with zero attached hydrogens (tertiary/aromatic N) is 1. The lowest BCUT2D eigenvalue weighted by Crippen LogP contribution is -2.43. The van der Waals surface area contributed by atoms with Crippen molar-refractivity contribution in [1.82, 2.24) is 15.6 Å². The molecule has 0 heterocycles. The lowest BCUT2D eigenvalue weighted by atomic mass is 10.2. The highest BCUT2D eigenvalue weighted by Gasteiger charge is 2.16. The molecule has 0 bridgehead atoms. The monoisotopic (exact) mass is 478 g/mol. The smallest absolute Gasteiger partial charge is 0.276 e. The Hall–Kier alpha value is -4.20. The van der Waals surface area contributed by atoms with Gasteiger partial charge in [0.05, 0.1) is 17.4 Å². The van der Waals surface area contributed by atoms with Gasteiger partial charge in [0.25, 0.3) is 11.8 Å². The lowest BCUT2D eigenvalue weighted by molar-refractivity contribution is -0.123. The molecule has 9 nitrogen and oxygen atoms in total. The quantitative estimate of drug-likeness (QED) is 0.403. The van der Waals surface area contributed by atoms with Gasteiger partial charge in [0.1, 0.15) is 5.75 Å². The summed E-state index contributed by atoms with van der Waals surface area (Å²) in [5, 5.41) is 8.67. The zero-order valence-corrected chi connectivity index (χ0v) is 18.8. The van der Waals surface area contributed by atoms with Crippen molar-refractivity contribution in [3.8, 4) is 11.8 Å². The molecule has 0 saturated heterocycles. The lowest BCUT2D eigenvalue weighted by Gasteiger charge is -2.10. The number of nitrogens with one attached hydrogen (secondary N) is 3. The van der Waals surface area contributed by atoms with Crippen molar-refractivity contribution in [2.45, 2.75) is 17.9 Å². The van der Waals surface area contributed by atoms with Crippen molar-refractivity contribution >= 4 is 21.8 Å². The molecule has 0 fully saturated rings. The average molecular weight is 479 g/mol. The Labute approximate surface area is 197 Å². The highest BCUT2D eigenvalue weighted by atomic mass is 32.2. The number of carbonyl (C=O) groups is 2. The van der Waals surface area contributed by atoms with Crippen LogP contribution >= 0.6 is 0 Å². The third-order valence-corrected chi connectivity index (χ3v) is 6.01. The Morgan fingerprint density at radius 1 is 0.882 bits per heavy atom. The fraction of sp³-hybridized carbons (Fsp3) is 0.125. The van der Waals surface area contributed by atoms with Crippen LogP contribution in [-0.2, 0) is 27.8 Å². The number of hydrogen-bond donors (Lipinski definition) is 3. The summed E-state index contributed by atoms with van der Waals surface area (Å²) in [7, 11) is -3.85. The van der Waals surface area contributed by atoms with E-state index in [1.807, 2.05) is 12.1 Å². The fourth-order valence-corrected chi connectivity index (χ4v) is 3.90. The number of sulfonamides is 1. The van der Waals surface area contributed by atoms with E-state index >= 15 is 0 Å². The normalized spacial score (nSPS) is 10.7. The molecule has 0 aliphatic rings. The Morgan fingerprint density at radius 2 is 1.62 bits per heavy atom. The summed E-state index contributed by atoms with van der Waals surface area (Å²) in [5.41, 5.74) is 6.12. The van der Waals surface area contributed by atoms with E-state index in [2.05, 4.69) is 15.6 Å². The summed E-state index contributed by atoms with van der Waals surface area (Å²) in [6.07, 6.45) is 0.276. The Balaban J connectivity index is 1.51. The summed E-state index contributed by atoms with van der Waals surface area (Å²) in [6, 6.07) is 23.2. The van der Waals surface area contributed by atoms with Gasteiger partial charge in [-0.25, -0.2) is 13.1 Å². The molecule has 3 aromatic carbocycles. The van der Waals surface area contributed by atoms with Crippen LogP contribution in [0.15, 0.2) is 83.8 Å². The Kier molecular flexibility index (Phi) is 8.34. The predicted molar refractivity (Wildman–Crippen MR) is 124 cm³/mol. The highest BCUT2D eigenvalue weighted by molar-refractivity contribution is 7.89. The summed E-state index contributed by atoms with van der Waals surface area (Å²) < 4.78 is 33.0. The van der Waals surface area contributed by atoms with Gasteiger partial charge in [0.15, 0.2) is 6.61 Å². The SMILES string of the molecule is N#CCc1ccc(OCC(=O)NNC(=O)c2cccc(S(=O)(=O)NCc3ccccc3)c2)cc1. The van der Waals surface area contributed by atoms with E-state index in [4.69, 9.17) is 10.00 Å². The highest BCUT2D eigenvalue weighted by Crippen LogP contribution is 2.13. The predicted octanol–water partition coefficient (Wildman–Crippen LogP) is 2.07. The molecule has 10 heteroatoms. The van der Waals surface area contributed by atoms with Crippen LogP contribution in [0.25, 0.3) is 0 Å². The maximum absolute atomic E-state index is 12.6. The Morgan fingerprint density at radius 3 is 2.32 bits per heavy atom. The molecule has 0 atom stereocenters. The largest absolute Gasteiger partial charge is 0.484 e. The third-order valence-electron chi connectivity index (χ3n) is 4.61. The van der Waals surface area contributed by atoms with E-state index < -0.39 is 21.8 Å². The van der Waals surface area contributed by atoms with Gasteiger partial charge in [-0.1, -0.05) is 48.5 Å². The molecule has 0 aromatic heterocycles. The summed E-state index contributed by atoms with van der Waals surface area (Å²) in [5.74, 6) is -0.860. The molecule has 3 rings (SSSR count). The second-order valence-corrected chi connectivity index (χ2v) is 8.87. The van der Waals surface area contributed by atoms with Crippen molar-refractivity contribution in [2.24, 2.45) is 0 Å². The first-order valence-corrected chi connectivity index (χ1v) is 11.7. The van der Waals surface area contributed by atoms with Crippen LogP contribution in [0.4, 0.5) is 0 Å². The first kappa shape index (κ1) is 24.4. The number of amides is 2. The maximum atomic E-state index is 12.6. The van der Waals surface area contributed by atoms with Gasteiger partial charge >= 0.3 is 0 Å². The molecular formula is C24H22N4O5S. The number of hydrazine groups is 1. The molecule has 0 radical (unpaired) electrons. The zero-order chi connectivity index (χ0) is 24.4. The van der Waals surface area contributed by atoms with Gasteiger partial charge < -0.3 is 4.74 Å². The summed E-state index contributed by atoms with van der Waals surface area (Å²) in [4.78, 5) is 24.3. The number of ether oxygens (including phenoxy) is 1. The number of carbonyl (C=O) groups excluding carboxylic acids is 2. The van der Waals surface area contributed by atoms with Crippen LogP contribution in [0.5, 0.6) is 5.75 Å². The maximum Gasteiger partial charge on any atom is 0.276 e. The molecule has 3 aromatic rings. The van der Waals surface area contributed by atoms with Gasteiger partial charge in [-0.05, 0) is 41.5 Å². The van der Waals surface area contributed by atoms with E-state index in [1.54, 1.807) is 48.5 Å². The van der Waals surface area contributed by atoms with Crippen LogP contribution < -0.4 is 20.3 Å². The van der Waals surface area contributed by atoms with Gasteiger partial charge in [-0.15, -0.1) is 0 Å². The number of benzene rings is 3. The average Bonchev–Trinajstić information content (AvgIpc) is 2.86. The number of nitriles is 1. The number of rotatable bonds is 9. The minimum Gasteiger partial charge on any atom is -0.484 e. The van der Waals surface area contributed by atoms with E-state index in [0.29, 0.717) is 5.75 Å². The molecule has 0 spiro atoms. The van der Waals surface area contributed by atoms with Crippen LogP contribution in [0.1, 0.15) is 21.5 Å². The Bertz CT molecular complexity index is 1290. The molecule has 3 N–H and O–H groups in total. The minimum atomic E-state index is -3.85. The molecule has 0 unspecified atom stereocenters. The molecular weight excluding hydrogens is 456 g/mol. The van der Waals surface area contributed by atoms with Crippen molar-refractivity contribution in [3.63, 3.8) is 0 Å². The van der Waals surface area contributed by atoms with Crippen molar-refractivity contribution < 1.29 is 22.7 Å². The number of hydrogen-bond acceptors (Lipinski definition) is 6. The van der Waals surface area contributed by atoms with Gasteiger partial charge in [-0.3, -0.25) is 20.4 Å². The van der Waals surface area contributed by atoms with Crippen LogP contribution in [-0.4, -0.2) is 26.8 Å². The molecule has 2 amide bonds. The summed E-state index contributed by atoms with van der Waals surface area (Å²) in [6.45, 7) is -0.244. The van der Waals surface area contributed by atoms with Crippen LogP contribution in [0.3, 0.4) is 0 Å². The van der Waals surface area contributed by atoms with Crippen molar-refractivity contribution in [1.29, 1.82) is 5.26 Å². The van der Waals surface area contributed by atoms with E-state index in [0.717, 1.165) is 11.1 Å². The second-order valence-electron chi connectivity index (χ2n) is 7.11. The van der Waals surface area contributed by atoms with Gasteiger partial charge in [0, 0.05) is 12.1 Å². The molecule has 0 saturated carbocycles. The van der Waals surface area contributed by atoms with E-state index in [1.165, 1.54) is 24.3 Å². The van der Waals surface area contributed by atoms with Gasteiger partial charge in [-0.2, -0.15) is 5.26 Å². The summed E-state index contributed by atoms with van der Waals surface area (Å²) >= 11 is 0. The first-order valence-electron chi connectivity index (χ1n) is 10.2. The second kappa shape index (κ2) is 11.6. The topological polar surface area (TPSA) is 137 Å². The fourth-order valence-electron chi connectivity index (χ4n) is 2.84. The standard InChI is InChI=1S/C24H22N4O5S/c25-14-13-18-9-11-21(12-10-18)33-17-23(29)27-28-24(30)20-7-4-8-22(15-20)34(31,32)26-16-19-5-2-1-3-6-19/h1-12,15,26H,13,16-17H2,(H,27,29)(H,28,30). The molecule has 0 aliphatic carbocycles. The zero-order valence-electron chi connectivity index (χ0n) is 18.0. The van der Waals surface area contributed by atoms with Crippen molar-refractivity contribution in [2.75, 3.05) is 6.61 Å². The van der Waals surface area contributed by atoms with E-state index in [-0.39, 0.29) is 30.0 Å². The molecule has 174 valence electrons. The van der Waals surface area contributed by atoms with E-state index in [9.17, 15) is 18.0 Å². The van der Waals surface area contributed by atoms with Crippen LogP contribution in [0.2, 0.25) is 0 Å². The minimum absolute atomic E-state index is 0.0527. The third kappa shape index (κ3) is 7.16.